The van der Waals surface area contributed by atoms with Crippen LogP contribution < -0.4 is 5.32 Å². The Morgan fingerprint density at radius 1 is 1.25 bits per heavy atom. The summed E-state index contributed by atoms with van der Waals surface area (Å²) in [5.74, 6) is 0. The van der Waals surface area contributed by atoms with Crippen molar-refractivity contribution in [3.8, 4) is 10.6 Å². The van der Waals surface area contributed by atoms with Crippen molar-refractivity contribution in [2.75, 3.05) is 7.05 Å². The Morgan fingerprint density at radius 3 is 2.81 bits per heavy atom. The van der Waals surface area contributed by atoms with E-state index in [1.807, 2.05) is 7.05 Å². The highest BCUT2D eigenvalue weighted by Gasteiger charge is 2.08. The average molecular weight is 233 g/mol. The number of rotatable bonds is 3. The van der Waals surface area contributed by atoms with E-state index in [9.17, 15) is 0 Å². The SMILES string of the molecule is CNCc1nnc(-c2cc(C)ccc2C)s1. The van der Waals surface area contributed by atoms with E-state index in [2.05, 4.69) is 47.6 Å². The second-order valence-electron chi connectivity index (χ2n) is 3.85. The van der Waals surface area contributed by atoms with Crippen LogP contribution in [0.3, 0.4) is 0 Å². The van der Waals surface area contributed by atoms with Crippen LogP contribution >= 0.6 is 11.3 Å². The summed E-state index contributed by atoms with van der Waals surface area (Å²) in [6.45, 7) is 4.98. The number of nitrogens with zero attached hydrogens (tertiary/aromatic N) is 2. The van der Waals surface area contributed by atoms with Gasteiger partial charge in [-0.05, 0) is 32.5 Å². The molecule has 3 nitrogen and oxygen atoms in total. The van der Waals surface area contributed by atoms with Crippen LogP contribution in [0.15, 0.2) is 18.2 Å². The van der Waals surface area contributed by atoms with Crippen molar-refractivity contribution in [1.82, 2.24) is 15.5 Å². The van der Waals surface area contributed by atoms with Crippen LogP contribution in [-0.4, -0.2) is 17.2 Å². The molecule has 0 aliphatic heterocycles. The van der Waals surface area contributed by atoms with Crippen LogP contribution in [-0.2, 0) is 6.54 Å². The molecule has 0 fully saturated rings. The van der Waals surface area contributed by atoms with Gasteiger partial charge in [0.05, 0.1) is 0 Å². The van der Waals surface area contributed by atoms with Gasteiger partial charge in [0, 0.05) is 12.1 Å². The van der Waals surface area contributed by atoms with E-state index >= 15 is 0 Å². The quantitative estimate of drug-likeness (QED) is 0.885. The maximum atomic E-state index is 4.24. The molecule has 2 aromatic rings. The van der Waals surface area contributed by atoms with Crippen LogP contribution in [0.1, 0.15) is 16.1 Å². The van der Waals surface area contributed by atoms with Gasteiger partial charge in [-0.2, -0.15) is 0 Å². The molecule has 1 heterocycles. The highest BCUT2D eigenvalue weighted by molar-refractivity contribution is 7.14. The fourth-order valence-corrected chi connectivity index (χ4v) is 2.48. The molecular formula is C12H15N3S. The van der Waals surface area contributed by atoms with Crippen molar-refractivity contribution in [1.29, 1.82) is 0 Å². The van der Waals surface area contributed by atoms with E-state index in [1.54, 1.807) is 11.3 Å². The van der Waals surface area contributed by atoms with E-state index < -0.39 is 0 Å². The van der Waals surface area contributed by atoms with Gasteiger partial charge >= 0.3 is 0 Å². The maximum Gasteiger partial charge on any atom is 0.148 e. The van der Waals surface area contributed by atoms with Crippen LogP contribution in [0, 0.1) is 13.8 Å². The normalized spacial score (nSPS) is 10.7. The molecule has 2 rings (SSSR count). The summed E-state index contributed by atoms with van der Waals surface area (Å²) in [4.78, 5) is 0. The van der Waals surface area contributed by atoms with Gasteiger partial charge in [0.15, 0.2) is 0 Å². The first-order valence-corrected chi connectivity index (χ1v) is 6.07. The number of hydrogen-bond acceptors (Lipinski definition) is 4. The first kappa shape index (κ1) is 11.2. The molecule has 0 spiro atoms. The lowest BCUT2D eigenvalue weighted by Crippen LogP contribution is -2.04. The minimum absolute atomic E-state index is 0.780. The minimum atomic E-state index is 0.780. The predicted molar refractivity (Wildman–Crippen MR) is 67.6 cm³/mol. The smallest absolute Gasteiger partial charge is 0.148 e. The topological polar surface area (TPSA) is 37.8 Å². The first-order valence-electron chi connectivity index (χ1n) is 5.25. The van der Waals surface area contributed by atoms with Gasteiger partial charge in [0.25, 0.3) is 0 Å². The van der Waals surface area contributed by atoms with E-state index in [4.69, 9.17) is 0 Å². The second kappa shape index (κ2) is 4.72. The molecule has 1 aromatic carbocycles. The number of aryl methyl sites for hydroxylation is 2. The first-order chi connectivity index (χ1) is 7.70. The Balaban J connectivity index is 2.38. The zero-order chi connectivity index (χ0) is 11.5. The molecule has 84 valence electrons. The molecule has 0 aliphatic rings. The van der Waals surface area contributed by atoms with Crippen molar-refractivity contribution < 1.29 is 0 Å². The molecular weight excluding hydrogens is 218 g/mol. The van der Waals surface area contributed by atoms with Crippen molar-refractivity contribution in [3.63, 3.8) is 0 Å². The molecule has 16 heavy (non-hydrogen) atoms. The Hall–Kier alpha value is -1.26. The van der Waals surface area contributed by atoms with Gasteiger partial charge in [-0.1, -0.05) is 29.0 Å². The van der Waals surface area contributed by atoms with Crippen molar-refractivity contribution in [3.05, 3.63) is 34.3 Å². The molecule has 0 atom stereocenters. The largest absolute Gasteiger partial charge is 0.313 e. The maximum absolute atomic E-state index is 4.24. The Kier molecular flexibility index (Phi) is 3.31. The molecule has 0 bridgehead atoms. The Labute approximate surface area is 99.5 Å². The summed E-state index contributed by atoms with van der Waals surface area (Å²) in [6.07, 6.45) is 0. The predicted octanol–water partition coefficient (Wildman–Crippen LogP) is 2.54. The zero-order valence-corrected chi connectivity index (χ0v) is 10.6. The minimum Gasteiger partial charge on any atom is -0.313 e. The van der Waals surface area contributed by atoms with Gasteiger partial charge in [-0.25, -0.2) is 0 Å². The molecule has 0 unspecified atom stereocenters. The molecule has 1 aromatic heterocycles. The van der Waals surface area contributed by atoms with Crippen LogP contribution in [0.4, 0.5) is 0 Å². The molecule has 0 amide bonds. The lowest BCUT2D eigenvalue weighted by Gasteiger charge is -2.02. The Morgan fingerprint density at radius 2 is 2.06 bits per heavy atom. The van der Waals surface area contributed by atoms with Crippen molar-refractivity contribution in [2.45, 2.75) is 20.4 Å². The Bertz CT molecular complexity index is 491. The van der Waals surface area contributed by atoms with Gasteiger partial charge in [0.1, 0.15) is 10.0 Å². The lowest BCUT2D eigenvalue weighted by molar-refractivity contribution is 0.795. The highest BCUT2D eigenvalue weighted by atomic mass is 32.1. The van der Waals surface area contributed by atoms with Crippen molar-refractivity contribution >= 4 is 11.3 Å². The fourth-order valence-electron chi connectivity index (χ4n) is 1.55. The number of aromatic nitrogens is 2. The van der Waals surface area contributed by atoms with Crippen LogP contribution in [0.5, 0.6) is 0 Å². The molecule has 0 saturated carbocycles. The van der Waals surface area contributed by atoms with E-state index in [0.717, 1.165) is 16.6 Å². The summed E-state index contributed by atoms with van der Waals surface area (Å²) in [7, 11) is 1.92. The third-order valence-electron chi connectivity index (χ3n) is 2.42. The molecule has 4 heteroatoms. The average Bonchev–Trinajstić information content (AvgIpc) is 2.71. The van der Waals surface area contributed by atoms with E-state index in [0.29, 0.717) is 0 Å². The van der Waals surface area contributed by atoms with Gasteiger partial charge in [0.2, 0.25) is 0 Å². The summed E-state index contributed by atoms with van der Waals surface area (Å²) >= 11 is 1.65. The van der Waals surface area contributed by atoms with Crippen molar-refractivity contribution in [2.24, 2.45) is 0 Å². The van der Waals surface area contributed by atoms with Gasteiger partial charge < -0.3 is 5.32 Å². The number of nitrogens with one attached hydrogen (secondary N) is 1. The van der Waals surface area contributed by atoms with E-state index in [1.165, 1.54) is 16.7 Å². The van der Waals surface area contributed by atoms with Gasteiger partial charge in [-0.15, -0.1) is 10.2 Å². The molecule has 0 aliphatic carbocycles. The highest BCUT2D eigenvalue weighted by Crippen LogP contribution is 2.27. The molecule has 0 radical (unpaired) electrons. The lowest BCUT2D eigenvalue weighted by atomic mass is 10.1. The summed E-state index contributed by atoms with van der Waals surface area (Å²) in [5, 5.41) is 13.5. The number of hydrogen-bond donors (Lipinski definition) is 1. The standard InChI is InChI=1S/C12H15N3S/c1-8-4-5-9(2)10(6-8)12-15-14-11(16-12)7-13-3/h4-6,13H,7H2,1-3H3. The zero-order valence-electron chi connectivity index (χ0n) is 9.74. The number of benzene rings is 1. The molecule has 0 saturated heterocycles. The second-order valence-corrected chi connectivity index (χ2v) is 4.91. The molecule has 1 N–H and O–H groups in total. The third-order valence-corrected chi connectivity index (χ3v) is 3.37. The summed E-state index contributed by atoms with van der Waals surface area (Å²) in [5.41, 5.74) is 3.70. The third kappa shape index (κ3) is 2.28. The fraction of sp³-hybridized carbons (Fsp3) is 0.333. The summed E-state index contributed by atoms with van der Waals surface area (Å²) < 4.78 is 0. The monoisotopic (exact) mass is 233 g/mol. The van der Waals surface area contributed by atoms with Crippen LogP contribution in [0.25, 0.3) is 10.6 Å². The summed E-state index contributed by atoms with van der Waals surface area (Å²) in [6, 6.07) is 6.41. The van der Waals surface area contributed by atoms with Gasteiger partial charge in [-0.3, -0.25) is 0 Å². The van der Waals surface area contributed by atoms with E-state index in [-0.39, 0.29) is 0 Å². The van der Waals surface area contributed by atoms with Crippen LogP contribution in [0.2, 0.25) is 0 Å².